The lowest BCUT2D eigenvalue weighted by Gasteiger charge is -2.06. The first-order valence-electron chi connectivity index (χ1n) is 5.98. The zero-order valence-corrected chi connectivity index (χ0v) is 10.8. The molecule has 0 atom stereocenters. The molecule has 0 aliphatic rings. The van der Waals surface area contributed by atoms with Gasteiger partial charge in [-0.2, -0.15) is 0 Å². The van der Waals surface area contributed by atoms with E-state index in [1.807, 2.05) is 0 Å². The van der Waals surface area contributed by atoms with Crippen molar-refractivity contribution in [1.82, 2.24) is 4.98 Å². The van der Waals surface area contributed by atoms with Crippen LogP contribution >= 0.6 is 0 Å². The van der Waals surface area contributed by atoms with Gasteiger partial charge in [0.25, 0.3) is 5.91 Å². The summed E-state index contributed by atoms with van der Waals surface area (Å²) in [6, 6.07) is 7.19. The zero-order chi connectivity index (χ0) is 15.2. The van der Waals surface area contributed by atoms with Gasteiger partial charge in [0.05, 0.1) is 5.56 Å². The number of aliphatic carboxylic acids is 1. The average Bonchev–Trinajstić information content (AvgIpc) is 2.47. The van der Waals surface area contributed by atoms with Crippen LogP contribution in [0.2, 0.25) is 0 Å². The monoisotopic (exact) mass is 286 g/mol. The van der Waals surface area contributed by atoms with Crippen molar-refractivity contribution in [3.05, 3.63) is 65.7 Å². The van der Waals surface area contributed by atoms with Crippen molar-refractivity contribution in [2.45, 2.75) is 0 Å². The maximum Gasteiger partial charge on any atom is 0.328 e. The van der Waals surface area contributed by atoms with Gasteiger partial charge < -0.3 is 10.4 Å². The molecule has 2 N–H and O–H groups in total. The van der Waals surface area contributed by atoms with Crippen molar-refractivity contribution in [1.29, 1.82) is 0 Å². The normalized spacial score (nSPS) is 10.5. The second-order valence-corrected chi connectivity index (χ2v) is 4.10. The van der Waals surface area contributed by atoms with Crippen LogP contribution in [0.4, 0.5) is 10.1 Å². The summed E-state index contributed by atoms with van der Waals surface area (Å²) >= 11 is 0. The molecule has 0 saturated carbocycles. The van der Waals surface area contributed by atoms with E-state index in [1.165, 1.54) is 18.3 Å². The van der Waals surface area contributed by atoms with Gasteiger partial charge in [0.2, 0.25) is 0 Å². The molecule has 0 aliphatic carbocycles. The highest BCUT2D eigenvalue weighted by Crippen LogP contribution is 2.16. The van der Waals surface area contributed by atoms with E-state index in [4.69, 9.17) is 5.11 Å². The van der Waals surface area contributed by atoms with Gasteiger partial charge in [-0.15, -0.1) is 0 Å². The van der Waals surface area contributed by atoms with E-state index in [0.717, 1.165) is 18.2 Å². The molecule has 6 heteroatoms. The molecule has 2 rings (SSSR count). The molecule has 0 spiro atoms. The largest absolute Gasteiger partial charge is 0.478 e. The van der Waals surface area contributed by atoms with Gasteiger partial charge in [-0.1, -0.05) is 0 Å². The summed E-state index contributed by atoms with van der Waals surface area (Å²) in [4.78, 5) is 26.1. The standard InChI is InChI=1S/C15H11FN2O3/c16-13-8-12(5-3-10(13)4-6-14(19)20)18-15(21)11-2-1-7-17-9-11/h1-9H,(H,18,21)(H,19,20). The van der Waals surface area contributed by atoms with Gasteiger partial charge in [0.1, 0.15) is 5.82 Å². The number of carboxylic acids is 1. The van der Waals surface area contributed by atoms with Gasteiger partial charge in [0, 0.05) is 29.7 Å². The molecular formula is C15H11FN2O3. The molecule has 1 heterocycles. The number of hydrogen-bond acceptors (Lipinski definition) is 3. The van der Waals surface area contributed by atoms with Gasteiger partial charge >= 0.3 is 5.97 Å². The number of nitrogens with zero attached hydrogens (tertiary/aromatic N) is 1. The number of carbonyl (C=O) groups is 2. The minimum atomic E-state index is -1.16. The second kappa shape index (κ2) is 6.42. The first-order valence-corrected chi connectivity index (χ1v) is 5.98. The minimum Gasteiger partial charge on any atom is -0.478 e. The molecule has 1 aromatic carbocycles. The highest BCUT2D eigenvalue weighted by atomic mass is 19.1. The lowest BCUT2D eigenvalue weighted by atomic mass is 10.1. The SMILES string of the molecule is O=C(O)C=Cc1ccc(NC(=O)c2cccnc2)cc1F. The molecule has 0 saturated heterocycles. The van der Waals surface area contributed by atoms with Crippen LogP contribution in [0.25, 0.3) is 6.08 Å². The molecule has 1 amide bonds. The number of amides is 1. The third-order valence-corrected chi connectivity index (χ3v) is 2.59. The topological polar surface area (TPSA) is 79.3 Å². The molecule has 0 bridgehead atoms. The fourth-order valence-corrected chi connectivity index (χ4v) is 1.60. The molecule has 0 aliphatic heterocycles. The number of rotatable bonds is 4. The predicted octanol–water partition coefficient (Wildman–Crippen LogP) is 2.57. The maximum atomic E-state index is 13.7. The molecule has 21 heavy (non-hydrogen) atoms. The Labute approximate surface area is 119 Å². The summed E-state index contributed by atoms with van der Waals surface area (Å²) in [5.74, 6) is -2.20. The summed E-state index contributed by atoms with van der Waals surface area (Å²) in [6.07, 6.45) is 4.92. The fourth-order valence-electron chi connectivity index (χ4n) is 1.60. The number of carboxylic acid groups (broad SMARTS) is 1. The fraction of sp³-hybridized carbons (Fsp3) is 0. The van der Waals surface area contributed by atoms with Crippen LogP contribution in [0.3, 0.4) is 0 Å². The van der Waals surface area contributed by atoms with Crippen molar-refractivity contribution in [2.24, 2.45) is 0 Å². The first-order chi connectivity index (χ1) is 10.1. The number of halogens is 1. The Morgan fingerprint density at radius 2 is 2.10 bits per heavy atom. The van der Waals surface area contributed by atoms with E-state index in [-0.39, 0.29) is 11.3 Å². The summed E-state index contributed by atoms with van der Waals surface area (Å²) < 4.78 is 13.7. The van der Waals surface area contributed by atoms with Crippen molar-refractivity contribution >= 4 is 23.6 Å². The van der Waals surface area contributed by atoms with Crippen molar-refractivity contribution in [3.63, 3.8) is 0 Å². The Morgan fingerprint density at radius 3 is 2.71 bits per heavy atom. The third kappa shape index (κ3) is 3.97. The van der Waals surface area contributed by atoms with Gasteiger partial charge in [-0.25, -0.2) is 9.18 Å². The van der Waals surface area contributed by atoms with Crippen LogP contribution in [0, 0.1) is 5.82 Å². The summed E-state index contributed by atoms with van der Waals surface area (Å²) in [5.41, 5.74) is 0.748. The number of nitrogens with one attached hydrogen (secondary N) is 1. The van der Waals surface area contributed by atoms with Crippen LogP contribution in [-0.2, 0) is 4.79 Å². The van der Waals surface area contributed by atoms with Crippen LogP contribution in [0.1, 0.15) is 15.9 Å². The van der Waals surface area contributed by atoms with Gasteiger partial charge in [0.15, 0.2) is 0 Å². The Bertz CT molecular complexity index is 699. The smallest absolute Gasteiger partial charge is 0.328 e. The zero-order valence-electron chi connectivity index (χ0n) is 10.8. The average molecular weight is 286 g/mol. The van der Waals surface area contributed by atoms with E-state index in [0.29, 0.717) is 5.56 Å². The van der Waals surface area contributed by atoms with Gasteiger partial charge in [-0.3, -0.25) is 9.78 Å². The quantitative estimate of drug-likeness (QED) is 0.847. The Kier molecular flexibility index (Phi) is 4.40. The molecule has 0 fully saturated rings. The van der Waals surface area contributed by atoms with Crippen LogP contribution in [0.15, 0.2) is 48.8 Å². The van der Waals surface area contributed by atoms with Crippen LogP contribution in [-0.4, -0.2) is 22.0 Å². The summed E-state index contributed by atoms with van der Waals surface area (Å²) in [7, 11) is 0. The highest BCUT2D eigenvalue weighted by Gasteiger charge is 2.07. The number of pyridine rings is 1. The third-order valence-electron chi connectivity index (χ3n) is 2.59. The Balaban J connectivity index is 2.14. The van der Waals surface area contributed by atoms with Crippen LogP contribution < -0.4 is 5.32 Å². The second-order valence-electron chi connectivity index (χ2n) is 4.10. The number of anilines is 1. The molecular weight excluding hydrogens is 275 g/mol. The van der Waals surface area contributed by atoms with E-state index in [1.54, 1.807) is 18.3 Å². The summed E-state index contributed by atoms with van der Waals surface area (Å²) in [5, 5.41) is 11.0. The Hall–Kier alpha value is -3.02. The predicted molar refractivity (Wildman–Crippen MR) is 75.3 cm³/mol. The lowest BCUT2D eigenvalue weighted by Crippen LogP contribution is -2.12. The van der Waals surface area contributed by atoms with Crippen molar-refractivity contribution < 1.29 is 19.1 Å². The van der Waals surface area contributed by atoms with E-state index in [2.05, 4.69) is 10.3 Å². The summed E-state index contributed by atoms with van der Waals surface area (Å²) in [6.45, 7) is 0. The van der Waals surface area contributed by atoms with Crippen molar-refractivity contribution in [3.8, 4) is 0 Å². The van der Waals surface area contributed by atoms with E-state index in [9.17, 15) is 14.0 Å². The Morgan fingerprint density at radius 1 is 1.29 bits per heavy atom. The number of carbonyl (C=O) groups excluding carboxylic acids is 1. The molecule has 2 aromatic rings. The van der Waals surface area contributed by atoms with Gasteiger partial charge in [-0.05, 0) is 36.4 Å². The minimum absolute atomic E-state index is 0.122. The maximum absolute atomic E-state index is 13.7. The van der Waals surface area contributed by atoms with Crippen LogP contribution in [0.5, 0.6) is 0 Å². The highest BCUT2D eigenvalue weighted by molar-refractivity contribution is 6.04. The van der Waals surface area contributed by atoms with E-state index >= 15 is 0 Å². The number of benzene rings is 1. The molecule has 0 radical (unpaired) electrons. The molecule has 5 nitrogen and oxygen atoms in total. The van der Waals surface area contributed by atoms with E-state index < -0.39 is 17.7 Å². The molecule has 0 unspecified atom stereocenters. The lowest BCUT2D eigenvalue weighted by molar-refractivity contribution is -0.131. The number of hydrogen-bond donors (Lipinski definition) is 2. The first kappa shape index (κ1) is 14.4. The molecule has 106 valence electrons. The number of aromatic nitrogens is 1. The van der Waals surface area contributed by atoms with Crippen molar-refractivity contribution in [2.75, 3.05) is 5.32 Å². The molecule has 1 aromatic heterocycles.